The van der Waals surface area contributed by atoms with Crippen molar-refractivity contribution in [1.82, 2.24) is 0 Å². The molecule has 0 N–H and O–H groups in total. The molecule has 0 unspecified atom stereocenters. The second-order valence-corrected chi connectivity index (χ2v) is 5.72. The third kappa shape index (κ3) is 2.73. The summed E-state index contributed by atoms with van der Waals surface area (Å²) < 4.78 is 26.3. The molecule has 0 spiro atoms. The van der Waals surface area contributed by atoms with Crippen LogP contribution in [0.25, 0.3) is 11.1 Å². The van der Waals surface area contributed by atoms with Gasteiger partial charge in [0, 0.05) is 5.56 Å². The fourth-order valence-electron chi connectivity index (χ4n) is 2.22. The number of hydrogen-bond donors (Lipinski definition) is 1. The standard InChI is InChI=1S/C15H18O3S/c1-9(2)12-6-5-10(3)13-8-15(18-19(16)17)11(4)14(13)7-12/h5-9,19H,1-4H3. The summed E-state index contributed by atoms with van der Waals surface area (Å²) in [5.74, 6) is 0.847. The summed E-state index contributed by atoms with van der Waals surface area (Å²) in [5, 5.41) is 0. The molecule has 0 heterocycles. The van der Waals surface area contributed by atoms with Crippen molar-refractivity contribution in [2.24, 2.45) is 0 Å². The van der Waals surface area contributed by atoms with Gasteiger partial charge in [-0.1, -0.05) is 32.0 Å². The van der Waals surface area contributed by atoms with E-state index in [-0.39, 0.29) is 0 Å². The van der Waals surface area contributed by atoms with Gasteiger partial charge >= 0.3 is 0 Å². The van der Waals surface area contributed by atoms with Gasteiger partial charge in [-0.3, -0.25) is 0 Å². The van der Waals surface area contributed by atoms with Crippen LogP contribution < -0.4 is 4.18 Å². The molecule has 0 aromatic heterocycles. The van der Waals surface area contributed by atoms with Crippen LogP contribution in [0.1, 0.15) is 36.5 Å². The van der Waals surface area contributed by atoms with E-state index in [2.05, 4.69) is 32.0 Å². The first kappa shape index (κ1) is 13.9. The minimum absolute atomic E-state index is 0.421. The molecule has 19 heavy (non-hydrogen) atoms. The van der Waals surface area contributed by atoms with Gasteiger partial charge in [-0.05, 0) is 48.1 Å². The molecule has 0 bridgehead atoms. The fraction of sp³-hybridized carbons (Fsp3) is 0.333. The van der Waals surface area contributed by atoms with E-state index in [1.165, 1.54) is 5.56 Å². The Bertz CT molecular complexity index is 649. The zero-order chi connectivity index (χ0) is 14.2. The molecule has 0 saturated carbocycles. The van der Waals surface area contributed by atoms with Gasteiger partial charge < -0.3 is 4.18 Å². The first-order chi connectivity index (χ1) is 8.90. The Hall–Kier alpha value is -1.55. The minimum atomic E-state index is -2.87. The SMILES string of the molecule is Cc1ccc(C(C)C)cc2c(C)c(O[SH](=O)=O)cc1-2. The number of thiol groups is 1. The molecule has 0 aliphatic heterocycles. The van der Waals surface area contributed by atoms with Crippen LogP contribution in [0.15, 0.2) is 24.3 Å². The number of fused-ring (bicyclic) bond motifs is 1. The van der Waals surface area contributed by atoms with Crippen molar-refractivity contribution in [1.29, 1.82) is 0 Å². The van der Waals surface area contributed by atoms with Crippen molar-refractivity contribution in [3.8, 4) is 16.9 Å². The second-order valence-electron chi connectivity index (χ2n) is 5.09. The van der Waals surface area contributed by atoms with E-state index in [9.17, 15) is 8.42 Å². The lowest BCUT2D eigenvalue weighted by Gasteiger charge is -2.03. The lowest BCUT2D eigenvalue weighted by Crippen LogP contribution is -1.89. The van der Waals surface area contributed by atoms with Crippen LogP contribution >= 0.6 is 0 Å². The van der Waals surface area contributed by atoms with Gasteiger partial charge in [0.15, 0.2) is 0 Å². The molecule has 0 atom stereocenters. The van der Waals surface area contributed by atoms with Crippen molar-refractivity contribution in [2.75, 3.05) is 0 Å². The molecule has 0 aromatic carbocycles. The van der Waals surface area contributed by atoms with Gasteiger partial charge in [0.25, 0.3) is 11.0 Å². The predicted molar refractivity (Wildman–Crippen MR) is 77.6 cm³/mol. The molecule has 3 nitrogen and oxygen atoms in total. The summed E-state index contributed by atoms with van der Waals surface area (Å²) in [6.45, 7) is 8.19. The molecule has 0 saturated heterocycles. The lowest BCUT2D eigenvalue weighted by atomic mass is 10.0. The molecular formula is C15H18O3S. The zero-order valence-corrected chi connectivity index (χ0v) is 12.5. The Labute approximate surface area is 115 Å². The molecule has 102 valence electrons. The van der Waals surface area contributed by atoms with Gasteiger partial charge in [-0.15, -0.1) is 0 Å². The van der Waals surface area contributed by atoms with Crippen molar-refractivity contribution in [3.63, 3.8) is 0 Å². The van der Waals surface area contributed by atoms with Crippen LogP contribution in [0.2, 0.25) is 0 Å². The summed E-state index contributed by atoms with van der Waals surface area (Å²) in [6, 6.07) is 8.11. The van der Waals surface area contributed by atoms with Crippen LogP contribution in [0.4, 0.5) is 0 Å². The minimum Gasteiger partial charge on any atom is -0.384 e. The average molecular weight is 278 g/mol. The monoisotopic (exact) mass is 278 g/mol. The van der Waals surface area contributed by atoms with Crippen molar-refractivity contribution < 1.29 is 12.6 Å². The van der Waals surface area contributed by atoms with Crippen LogP contribution in [0.3, 0.4) is 0 Å². The summed E-state index contributed by atoms with van der Waals surface area (Å²) in [7, 11) is -2.87. The first-order valence-corrected chi connectivity index (χ1v) is 7.36. The van der Waals surface area contributed by atoms with E-state index in [0.29, 0.717) is 11.7 Å². The Morgan fingerprint density at radius 3 is 2.32 bits per heavy atom. The summed E-state index contributed by atoms with van der Waals surface area (Å²) in [4.78, 5) is 0. The molecule has 2 rings (SSSR count). The summed E-state index contributed by atoms with van der Waals surface area (Å²) in [6.07, 6.45) is 0. The number of hydrogen-bond acceptors (Lipinski definition) is 3. The van der Waals surface area contributed by atoms with Gasteiger partial charge in [0.2, 0.25) is 0 Å². The second kappa shape index (κ2) is 5.21. The number of aryl methyl sites for hydroxylation is 1. The zero-order valence-electron chi connectivity index (χ0n) is 11.6. The largest absolute Gasteiger partial charge is 0.384 e. The summed E-state index contributed by atoms with van der Waals surface area (Å²) >= 11 is 0. The van der Waals surface area contributed by atoms with E-state index in [4.69, 9.17) is 4.18 Å². The normalized spacial score (nSPS) is 11.5. The van der Waals surface area contributed by atoms with Gasteiger partial charge in [-0.25, -0.2) is 0 Å². The molecule has 0 amide bonds. The highest BCUT2D eigenvalue weighted by Crippen LogP contribution is 2.39. The fourth-order valence-corrected chi connectivity index (χ4v) is 2.57. The summed E-state index contributed by atoms with van der Waals surface area (Å²) in [5.41, 5.74) is 5.30. The van der Waals surface area contributed by atoms with E-state index in [1.807, 2.05) is 13.8 Å². The Kier molecular flexibility index (Phi) is 3.80. The molecular weight excluding hydrogens is 260 g/mol. The molecule has 4 heteroatoms. The quantitative estimate of drug-likeness (QED) is 0.875. The molecule has 0 aromatic rings. The first-order valence-electron chi connectivity index (χ1n) is 6.26. The Morgan fingerprint density at radius 2 is 1.74 bits per heavy atom. The molecule has 0 fully saturated rings. The van der Waals surface area contributed by atoms with Gasteiger partial charge in [-0.2, -0.15) is 8.42 Å². The van der Waals surface area contributed by atoms with Crippen molar-refractivity contribution in [2.45, 2.75) is 33.6 Å². The highest BCUT2D eigenvalue weighted by molar-refractivity contribution is 7.67. The Morgan fingerprint density at radius 1 is 1.05 bits per heavy atom. The maximum absolute atomic E-state index is 10.7. The van der Waals surface area contributed by atoms with E-state index >= 15 is 0 Å². The smallest absolute Gasteiger partial charge is 0.299 e. The molecule has 2 aliphatic carbocycles. The lowest BCUT2D eigenvalue weighted by molar-refractivity contribution is 0.510. The van der Waals surface area contributed by atoms with E-state index in [1.54, 1.807) is 6.07 Å². The average Bonchev–Trinajstić information content (AvgIpc) is 2.51. The highest BCUT2D eigenvalue weighted by atomic mass is 32.2. The molecule has 2 aliphatic rings. The van der Waals surface area contributed by atoms with E-state index in [0.717, 1.165) is 22.3 Å². The number of rotatable bonds is 3. The Balaban J connectivity index is 2.70. The van der Waals surface area contributed by atoms with Crippen LogP contribution in [-0.2, 0) is 11.0 Å². The third-order valence-corrected chi connectivity index (χ3v) is 3.79. The van der Waals surface area contributed by atoms with Crippen molar-refractivity contribution >= 4 is 11.0 Å². The van der Waals surface area contributed by atoms with Crippen LogP contribution in [-0.4, -0.2) is 8.42 Å². The topological polar surface area (TPSA) is 43.4 Å². The van der Waals surface area contributed by atoms with Gasteiger partial charge in [0.05, 0.1) is 0 Å². The van der Waals surface area contributed by atoms with Crippen LogP contribution in [0, 0.1) is 13.8 Å². The van der Waals surface area contributed by atoms with Gasteiger partial charge in [0.1, 0.15) is 5.75 Å². The maximum atomic E-state index is 10.7. The predicted octanol–water partition coefficient (Wildman–Crippen LogP) is 3.44. The highest BCUT2D eigenvalue weighted by Gasteiger charge is 2.16. The third-order valence-electron chi connectivity index (χ3n) is 3.44. The van der Waals surface area contributed by atoms with Crippen molar-refractivity contribution in [3.05, 3.63) is 41.0 Å². The maximum Gasteiger partial charge on any atom is 0.299 e. The van der Waals surface area contributed by atoms with E-state index < -0.39 is 11.0 Å². The molecule has 0 radical (unpaired) electrons. The van der Waals surface area contributed by atoms with Crippen LogP contribution in [0.5, 0.6) is 5.75 Å².